The molecule has 0 saturated carbocycles. The topological polar surface area (TPSA) is 83.7 Å². The van der Waals surface area contributed by atoms with E-state index in [1.807, 2.05) is 0 Å². The minimum absolute atomic E-state index is 0.282. The molecule has 2 aromatic heterocycles. The highest BCUT2D eigenvalue weighted by Gasteiger charge is 2.34. The van der Waals surface area contributed by atoms with Gasteiger partial charge in [0.1, 0.15) is 11.2 Å². The van der Waals surface area contributed by atoms with Crippen LogP contribution >= 0.6 is 0 Å². The third-order valence-electron chi connectivity index (χ3n) is 3.94. The van der Waals surface area contributed by atoms with E-state index in [1.165, 1.54) is 22.7 Å². The van der Waals surface area contributed by atoms with Crippen LogP contribution in [-0.2, 0) is 6.18 Å². The van der Waals surface area contributed by atoms with Gasteiger partial charge < -0.3 is 10.4 Å². The zero-order valence-electron chi connectivity index (χ0n) is 13.8. The summed E-state index contributed by atoms with van der Waals surface area (Å²) in [7, 11) is 0. The first-order chi connectivity index (χ1) is 12.8. The number of aliphatic hydroxyl groups is 1. The van der Waals surface area contributed by atoms with E-state index < -0.39 is 35.9 Å². The van der Waals surface area contributed by atoms with Crippen LogP contribution in [0.4, 0.5) is 13.2 Å². The van der Waals surface area contributed by atoms with Gasteiger partial charge in [-0.15, -0.1) is 0 Å². The van der Waals surface area contributed by atoms with Crippen molar-refractivity contribution in [3.63, 3.8) is 0 Å². The molecule has 6 nitrogen and oxygen atoms in total. The van der Waals surface area contributed by atoms with Gasteiger partial charge in [-0.2, -0.15) is 13.2 Å². The molecular weight excluding hydrogens is 363 g/mol. The fourth-order valence-corrected chi connectivity index (χ4v) is 2.62. The van der Waals surface area contributed by atoms with Crippen molar-refractivity contribution < 1.29 is 23.1 Å². The van der Waals surface area contributed by atoms with Gasteiger partial charge in [-0.3, -0.25) is 14.0 Å². The predicted molar refractivity (Wildman–Crippen MR) is 90.2 cm³/mol. The highest BCUT2D eigenvalue weighted by Crippen LogP contribution is 2.34. The lowest BCUT2D eigenvalue weighted by Crippen LogP contribution is -2.34. The average Bonchev–Trinajstić information content (AvgIpc) is 2.65. The number of hydrogen-bond donors (Lipinski definition) is 2. The van der Waals surface area contributed by atoms with Gasteiger partial charge in [-0.25, -0.2) is 4.98 Å². The summed E-state index contributed by atoms with van der Waals surface area (Å²) < 4.78 is 40.2. The monoisotopic (exact) mass is 377 g/mol. The second-order valence-corrected chi connectivity index (χ2v) is 5.72. The molecule has 0 spiro atoms. The van der Waals surface area contributed by atoms with Gasteiger partial charge in [0.2, 0.25) is 0 Å². The minimum Gasteiger partial charge on any atom is -0.387 e. The summed E-state index contributed by atoms with van der Waals surface area (Å²) in [5, 5.41) is 12.4. The number of nitrogens with one attached hydrogen (secondary N) is 1. The zero-order chi connectivity index (χ0) is 19.6. The maximum absolute atomic E-state index is 13.0. The van der Waals surface area contributed by atoms with Crippen LogP contribution in [0, 0.1) is 0 Å². The summed E-state index contributed by atoms with van der Waals surface area (Å²) >= 11 is 0. The van der Waals surface area contributed by atoms with Crippen molar-refractivity contribution in [1.82, 2.24) is 14.7 Å². The Hall–Kier alpha value is -3.20. The van der Waals surface area contributed by atoms with Crippen LogP contribution in [0.5, 0.6) is 0 Å². The molecule has 0 bridgehead atoms. The number of fused-ring (bicyclic) bond motifs is 1. The number of halogens is 3. The fraction of sp³-hybridized carbons (Fsp3) is 0.167. The van der Waals surface area contributed by atoms with Crippen molar-refractivity contribution in [2.45, 2.75) is 12.3 Å². The van der Waals surface area contributed by atoms with Crippen molar-refractivity contribution in [2.24, 2.45) is 0 Å². The van der Waals surface area contributed by atoms with E-state index in [2.05, 4.69) is 10.3 Å². The molecular formula is C18H14F3N3O3. The first kappa shape index (κ1) is 18.6. The number of carbonyl (C=O) groups is 1. The Balaban J connectivity index is 1.79. The van der Waals surface area contributed by atoms with Crippen LogP contribution in [0.2, 0.25) is 0 Å². The van der Waals surface area contributed by atoms with Crippen LogP contribution in [-0.4, -0.2) is 26.9 Å². The number of rotatable bonds is 4. The number of benzene rings is 1. The van der Waals surface area contributed by atoms with Crippen molar-refractivity contribution in [2.75, 3.05) is 6.54 Å². The standard InChI is InChI=1S/C18H14F3N3O3/c19-18(20,21)13-6-2-1-5-11(13)14(25)10-23-16(26)12-9-22-15-7-3-4-8-24(15)17(12)27/h1-9,14,25H,10H2,(H,23,26). The molecule has 0 aliphatic carbocycles. The molecule has 1 atom stereocenters. The van der Waals surface area contributed by atoms with E-state index in [-0.39, 0.29) is 11.1 Å². The molecule has 1 unspecified atom stereocenters. The van der Waals surface area contributed by atoms with E-state index in [1.54, 1.807) is 18.2 Å². The third-order valence-corrected chi connectivity index (χ3v) is 3.94. The Morgan fingerprint density at radius 3 is 2.63 bits per heavy atom. The van der Waals surface area contributed by atoms with E-state index in [0.29, 0.717) is 5.65 Å². The normalized spacial score (nSPS) is 12.7. The third kappa shape index (κ3) is 3.82. The van der Waals surface area contributed by atoms with Crippen LogP contribution in [0.3, 0.4) is 0 Å². The van der Waals surface area contributed by atoms with Crippen molar-refractivity contribution in [3.05, 3.63) is 81.9 Å². The first-order valence-electron chi connectivity index (χ1n) is 7.88. The number of amides is 1. The van der Waals surface area contributed by atoms with E-state index >= 15 is 0 Å². The lowest BCUT2D eigenvalue weighted by Gasteiger charge is -2.17. The van der Waals surface area contributed by atoms with E-state index in [4.69, 9.17) is 0 Å². The number of nitrogens with zero attached hydrogens (tertiary/aromatic N) is 2. The molecule has 0 aliphatic heterocycles. The molecule has 3 rings (SSSR count). The fourth-order valence-electron chi connectivity index (χ4n) is 2.62. The molecule has 0 aliphatic rings. The molecule has 0 fully saturated rings. The Kier molecular flexibility index (Phi) is 4.95. The number of pyridine rings is 1. The average molecular weight is 377 g/mol. The summed E-state index contributed by atoms with van der Waals surface area (Å²) in [6, 6.07) is 9.40. The summed E-state index contributed by atoms with van der Waals surface area (Å²) in [5.74, 6) is -0.839. The van der Waals surface area contributed by atoms with Crippen molar-refractivity contribution >= 4 is 11.6 Å². The lowest BCUT2D eigenvalue weighted by atomic mass is 10.0. The number of carbonyl (C=O) groups excluding carboxylic acids is 1. The molecule has 9 heteroatoms. The number of aliphatic hydroxyl groups excluding tert-OH is 1. The Bertz CT molecular complexity index is 1050. The Morgan fingerprint density at radius 1 is 1.19 bits per heavy atom. The Morgan fingerprint density at radius 2 is 1.89 bits per heavy atom. The van der Waals surface area contributed by atoms with Crippen LogP contribution in [0.15, 0.2) is 59.7 Å². The molecule has 27 heavy (non-hydrogen) atoms. The van der Waals surface area contributed by atoms with Crippen molar-refractivity contribution in [1.29, 1.82) is 0 Å². The highest BCUT2D eigenvalue weighted by atomic mass is 19.4. The van der Waals surface area contributed by atoms with Crippen LogP contribution in [0.1, 0.15) is 27.6 Å². The smallest absolute Gasteiger partial charge is 0.387 e. The first-order valence-corrected chi connectivity index (χ1v) is 7.88. The van der Waals surface area contributed by atoms with Gasteiger partial charge in [0, 0.05) is 18.9 Å². The summed E-state index contributed by atoms with van der Waals surface area (Å²) in [6.45, 7) is -0.497. The number of alkyl halides is 3. The summed E-state index contributed by atoms with van der Waals surface area (Å²) in [4.78, 5) is 28.5. The highest BCUT2D eigenvalue weighted by molar-refractivity contribution is 5.93. The van der Waals surface area contributed by atoms with Crippen LogP contribution in [0.25, 0.3) is 5.65 Å². The predicted octanol–water partition coefficient (Wildman–Crippen LogP) is 2.18. The lowest BCUT2D eigenvalue weighted by molar-refractivity contribution is -0.139. The van der Waals surface area contributed by atoms with Gasteiger partial charge in [-0.05, 0) is 23.8 Å². The maximum atomic E-state index is 13.0. The summed E-state index contributed by atoms with van der Waals surface area (Å²) in [5.41, 5.74) is -1.91. The molecule has 2 heterocycles. The van der Waals surface area contributed by atoms with E-state index in [0.717, 1.165) is 18.3 Å². The maximum Gasteiger partial charge on any atom is 0.416 e. The quantitative estimate of drug-likeness (QED) is 0.730. The molecule has 140 valence electrons. The molecule has 0 radical (unpaired) electrons. The van der Waals surface area contributed by atoms with Gasteiger partial charge in [0.15, 0.2) is 0 Å². The largest absolute Gasteiger partial charge is 0.416 e. The van der Waals surface area contributed by atoms with Gasteiger partial charge in [0.25, 0.3) is 11.5 Å². The van der Waals surface area contributed by atoms with Gasteiger partial charge in [0.05, 0.1) is 11.7 Å². The SMILES string of the molecule is O=C(NCC(O)c1ccccc1C(F)(F)F)c1cnc2ccccn2c1=O. The summed E-state index contributed by atoms with van der Waals surface area (Å²) in [6.07, 6.45) is -3.70. The number of hydrogen-bond acceptors (Lipinski definition) is 4. The zero-order valence-corrected chi connectivity index (χ0v) is 13.8. The second-order valence-electron chi connectivity index (χ2n) is 5.72. The van der Waals surface area contributed by atoms with Crippen LogP contribution < -0.4 is 10.9 Å². The van der Waals surface area contributed by atoms with Crippen molar-refractivity contribution in [3.8, 4) is 0 Å². The van der Waals surface area contributed by atoms with E-state index in [9.17, 15) is 27.9 Å². The second kappa shape index (κ2) is 7.20. The molecule has 2 N–H and O–H groups in total. The molecule has 0 saturated heterocycles. The van der Waals surface area contributed by atoms with Gasteiger partial charge >= 0.3 is 6.18 Å². The molecule has 1 aromatic carbocycles. The molecule has 3 aromatic rings. The van der Waals surface area contributed by atoms with Gasteiger partial charge in [-0.1, -0.05) is 24.3 Å². The Labute approximate surface area is 150 Å². The molecule has 1 amide bonds. The minimum atomic E-state index is -4.64. The number of aromatic nitrogens is 2.